The van der Waals surface area contributed by atoms with Gasteiger partial charge in [-0.2, -0.15) is 0 Å². The Kier molecular flexibility index (Phi) is 2.95. The molecule has 3 N–H and O–H groups in total. The SMILES string of the molecule is N=C(N)CC1(CSc2ccncc2)CC1. The van der Waals surface area contributed by atoms with Crippen molar-refractivity contribution in [3.05, 3.63) is 24.5 Å². The Labute approximate surface area is 94.0 Å². The summed E-state index contributed by atoms with van der Waals surface area (Å²) in [6.45, 7) is 0. The van der Waals surface area contributed by atoms with Gasteiger partial charge in [0.25, 0.3) is 0 Å². The first-order valence-corrected chi connectivity index (χ1v) is 6.05. The summed E-state index contributed by atoms with van der Waals surface area (Å²) in [6.07, 6.45) is 6.81. The molecule has 0 aliphatic heterocycles. The lowest BCUT2D eigenvalue weighted by Crippen LogP contribution is -2.18. The van der Waals surface area contributed by atoms with Crippen LogP contribution in [0.15, 0.2) is 29.4 Å². The molecule has 15 heavy (non-hydrogen) atoms. The minimum Gasteiger partial charge on any atom is -0.388 e. The maximum atomic E-state index is 7.33. The molecule has 0 radical (unpaired) electrons. The fourth-order valence-electron chi connectivity index (χ4n) is 1.62. The normalized spacial score (nSPS) is 17.3. The number of nitrogens with two attached hydrogens (primary N) is 1. The van der Waals surface area contributed by atoms with Gasteiger partial charge in [0.2, 0.25) is 0 Å². The number of nitrogens with one attached hydrogen (secondary N) is 1. The van der Waals surface area contributed by atoms with Crippen LogP contribution >= 0.6 is 11.8 Å². The van der Waals surface area contributed by atoms with Crippen molar-refractivity contribution in [2.45, 2.75) is 24.2 Å². The van der Waals surface area contributed by atoms with Crippen LogP contribution in [0.3, 0.4) is 0 Å². The second kappa shape index (κ2) is 4.23. The van der Waals surface area contributed by atoms with Crippen molar-refractivity contribution >= 4 is 17.6 Å². The van der Waals surface area contributed by atoms with Crippen molar-refractivity contribution in [3.8, 4) is 0 Å². The predicted octanol–water partition coefficient (Wildman–Crippen LogP) is 2.28. The topological polar surface area (TPSA) is 62.8 Å². The van der Waals surface area contributed by atoms with E-state index in [2.05, 4.69) is 4.98 Å². The van der Waals surface area contributed by atoms with Gasteiger partial charge in [-0.15, -0.1) is 11.8 Å². The molecule has 0 amide bonds. The number of aromatic nitrogens is 1. The van der Waals surface area contributed by atoms with Crippen molar-refractivity contribution in [3.63, 3.8) is 0 Å². The van der Waals surface area contributed by atoms with Crippen LogP contribution < -0.4 is 5.73 Å². The lowest BCUT2D eigenvalue weighted by Gasteiger charge is -2.13. The summed E-state index contributed by atoms with van der Waals surface area (Å²) < 4.78 is 0. The third-order valence-corrected chi connectivity index (χ3v) is 4.08. The van der Waals surface area contributed by atoms with E-state index in [1.54, 1.807) is 0 Å². The second-order valence-corrected chi connectivity index (χ2v) is 5.22. The van der Waals surface area contributed by atoms with E-state index in [0.717, 1.165) is 12.2 Å². The van der Waals surface area contributed by atoms with E-state index in [1.165, 1.54) is 17.7 Å². The zero-order valence-corrected chi connectivity index (χ0v) is 9.39. The Morgan fingerprint density at radius 3 is 2.67 bits per heavy atom. The molecule has 3 nitrogen and oxygen atoms in total. The molecular formula is C11H15N3S. The van der Waals surface area contributed by atoms with Gasteiger partial charge in [-0.25, -0.2) is 0 Å². The summed E-state index contributed by atoms with van der Waals surface area (Å²) in [5.74, 6) is 1.39. The summed E-state index contributed by atoms with van der Waals surface area (Å²) in [5, 5.41) is 7.33. The highest BCUT2D eigenvalue weighted by molar-refractivity contribution is 7.99. The first kappa shape index (κ1) is 10.5. The molecule has 1 aliphatic carbocycles. The first-order chi connectivity index (χ1) is 7.20. The van der Waals surface area contributed by atoms with Crippen LogP contribution in [-0.2, 0) is 0 Å². The second-order valence-electron chi connectivity index (χ2n) is 4.17. The Balaban J connectivity index is 1.86. The summed E-state index contributed by atoms with van der Waals surface area (Å²) in [6, 6.07) is 4.04. The molecule has 0 spiro atoms. The molecule has 0 unspecified atom stereocenters. The highest BCUT2D eigenvalue weighted by Gasteiger charge is 2.42. The van der Waals surface area contributed by atoms with Gasteiger partial charge in [-0.05, 0) is 30.4 Å². The largest absolute Gasteiger partial charge is 0.388 e. The molecular weight excluding hydrogens is 206 g/mol. The predicted molar refractivity (Wildman–Crippen MR) is 63.2 cm³/mol. The Hall–Kier alpha value is -1.03. The van der Waals surface area contributed by atoms with E-state index in [-0.39, 0.29) is 0 Å². The first-order valence-electron chi connectivity index (χ1n) is 5.06. The summed E-state index contributed by atoms with van der Waals surface area (Å²) in [7, 11) is 0. The average Bonchev–Trinajstić information content (AvgIpc) is 2.96. The smallest absolute Gasteiger partial charge is 0.0911 e. The van der Waals surface area contributed by atoms with Gasteiger partial charge >= 0.3 is 0 Å². The molecule has 0 aromatic carbocycles. The van der Waals surface area contributed by atoms with Crippen molar-refractivity contribution in [1.29, 1.82) is 5.41 Å². The van der Waals surface area contributed by atoms with Gasteiger partial charge in [0.15, 0.2) is 0 Å². The number of hydrogen-bond acceptors (Lipinski definition) is 3. The van der Waals surface area contributed by atoms with Gasteiger partial charge in [-0.1, -0.05) is 0 Å². The number of amidine groups is 1. The molecule has 1 fully saturated rings. The highest BCUT2D eigenvalue weighted by Crippen LogP contribution is 2.51. The maximum absolute atomic E-state index is 7.33. The number of hydrogen-bond donors (Lipinski definition) is 2. The van der Waals surface area contributed by atoms with Crippen LogP contribution in [0.25, 0.3) is 0 Å². The van der Waals surface area contributed by atoms with Crippen molar-refractivity contribution in [1.82, 2.24) is 4.98 Å². The molecule has 0 bridgehead atoms. The third kappa shape index (κ3) is 2.96. The van der Waals surface area contributed by atoms with Gasteiger partial charge in [0, 0.05) is 29.5 Å². The molecule has 80 valence electrons. The Morgan fingerprint density at radius 2 is 2.13 bits per heavy atom. The Bertz CT molecular complexity index is 346. The van der Waals surface area contributed by atoms with Gasteiger partial charge in [0.05, 0.1) is 5.84 Å². The van der Waals surface area contributed by atoms with Crippen molar-refractivity contribution in [2.75, 3.05) is 5.75 Å². The highest BCUT2D eigenvalue weighted by atomic mass is 32.2. The van der Waals surface area contributed by atoms with E-state index in [1.807, 2.05) is 36.3 Å². The lowest BCUT2D eigenvalue weighted by molar-refractivity contribution is 0.612. The molecule has 1 heterocycles. The minimum absolute atomic E-state index is 0.319. The minimum atomic E-state index is 0.319. The molecule has 0 saturated heterocycles. The summed E-state index contributed by atoms with van der Waals surface area (Å²) in [5.41, 5.74) is 5.77. The van der Waals surface area contributed by atoms with Crippen molar-refractivity contribution in [2.24, 2.45) is 11.1 Å². The fourth-order valence-corrected chi connectivity index (χ4v) is 2.80. The quantitative estimate of drug-likeness (QED) is 0.455. The zero-order valence-electron chi connectivity index (χ0n) is 8.57. The molecule has 1 aliphatic rings. The van der Waals surface area contributed by atoms with Gasteiger partial charge in [-0.3, -0.25) is 10.4 Å². The lowest BCUT2D eigenvalue weighted by atomic mass is 10.1. The zero-order chi connectivity index (χ0) is 10.7. The van der Waals surface area contributed by atoms with Crippen LogP contribution in [-0.4, -0.2) is 16.6 Å². The number of thioether (sulfide) groups is 1. The van der Waals surface area contributed by atoms with Gasteiger partial charge < -0.3 is 5.73 Å². The number of rotatable bonds is 5. The molecule has 4 heteroatoms. The monoisotopic (exact) mass is 221 g/mol. The van der Waals surface area contributed by atoms with Crippen LogP contribution in [0.4, 0.5) is 0 Å². The molecule has 1 aromatic rings. The summed E-state index contributed by atoms with van der Waals surface area (Å²) in [4.78, 5) is 5.24. The maximum Gasteiger partial charge on any atom is 0.0911 e. The Morgan fingerprint density at radius 1 is 1.47 bits per heavy atom. The third-order valence-electron chi connectivity index (χ3n) is 2.72. The van der Waals surface area contributed by atoms with Gasteiger partial charge in [0.1, 0.15) is 0 Å². The van der Waals surface area contributed by atoms with Crippen molar-refractivity contribution < 1.29 is 0 Å². The number of pyridine rings is 1. The van der Waals surface area contributed by atoms with Crippen LogP contribution in [0.1, 0.15) is 19.3 Å². The number of nitrogens with zero attached hydrogens (tertiary/aromatic N) is 1. The fraction of sp³-hybridized carbons (Fsp3) is 0.455. The van der Waals surface area contributed by atoms with E-state index < -0.39 is 0 Å². The average molecular weight is 221 g/mol. The van der Waals surface area contributed by atoms with Crippen LogP contribution in [0.2, 0.25) is 0 Å². The molecule has 0 atom stereocenters. The standard InChI is InChI=1S/C11H15N3S/c12-10(13)7-11(3-4-11)8-15-9-1-5-14-6-2-9/h1-2,5-6H,3-4,7-8H2,(H3,12,13). The van der Waals surface area contributed by atoms with Crippen LogP contribution in [0.5, 0.6) is 0 Å². The molecule has 2 rings (SSSR count). The summed E-state index contributed by atoms with van der Waals surface area (Å²) >= 11 is 1.84. The molecule has 1 aromatic heterocycles. The van der Waals surface area contributed by atoms with E-state index in [0.29, 0.717) is 11.3 Å². The van der Waals surface area contributed by atoms with Crippen LogP contribution in [0, 0.1) is 10.8 Å². The van der Waals surface area contributed by atoms with E-state index >= 15 is 0 Å². The van der Waals surface area contributed by atoms with E-state index in [9.17, 15) is 0 Å². The molecule has 1 saturated carbocycles. The van der Waals surface area contributed by atoms with E-state index in [4.69, 9.17) is 11.1 Å².